The minimum atomic E-state index is -4.53. The van der Waals surface area contributed by atoms with E-state index in [1.165, 1.54) is 54.6 Å². The maximum absolute atomic E-state index is 11.9. The molecular weight excluding hydrogens is 411 g/mol. The zero-order chi connectivity index (χ0) is 19.8. The molecule has 138 valence electrons. The molecule has 0 saturated carbocycles. The Hall–Kier alpha value is -2.38. The predicted octanol–water partition coefficient (Wildman–Crippen LogP) is 4.36. The van der Waals surface area contributed by atoms with Gasteiger partial charge in [-0.3, -0.25) is 9.35 Å². The first-order valence-corrected chi connectivity index (χ1v) is 9.78. The summed E-state index contributed by atoms with van der Waals surface area (Å²) in [6.45, 7) is 0. The second-order valence-corrected chi connectivity index (χ2v) is 7.86. The van der Waals surface area contributed by atoms with Crippen molar-refractivity contribution in [3.05, 3.63) is 87.4 Å². The molecule has 8 heteroatoms. The minimum Gasteiger partial charge on any atom is -0.506 e. The molecule has 0 amide bonds. The SMILES string of the molecule is O=C1C=C/C(=C(\c2ccc(O)c(Cl)c2)c2ccccc2S(=O)(=O)O)C=C1Cl. The zero-order valence-electron chi connectivity index (χ0n) is 13.6. The fraction of sp³-hybridized carbons (Fsp3) is 0. The van der Waals surface area contributed by atoms with Gasteiger partial charge in [0.25, 0.3) is 10.1 Å². The van der Waals surface area contributed by atoms with Crippen molar-refractivity contribution in [1.82, 2.24) is 0 Å². The lowest BCUT2D eigenvalue weighted by atomic mass is 9.91. The third-order valence-electron chi connectivity index (χ3n) is 3.89. The number of rotatable bonds is 3. The Balaban J connectivity index is 2.40. The van der Waals surface area contributed by atoms with E-state index in [0.29, 0.717) is 16.7 Å². The monoisotopic (exact) mass is 422 g/mol. The van der Waals surface area contributed by atoms with Crippen molar-refractivity contribution in [2.75, 3.05) is 0 Å². The Morgan fingerprint density at radius 1 is 1.00 bits per heavy atom. The van der Waals surface area contributed by atoms with Crippen LogP contribution in [0.5, 0.6) is 5.75 Å². The summed E-state index contributed by atoms with van der Waals surface area (Å²) < 4.78 is 33.4. The molecule has 0 aromatic heterocycles. The van der Waals surface area contributed by atoms with Crippen molar-refractivity contribution in [2.24, 2.45) is 0 Å². The molecule has 2 aromatic rings. The molecule has 0 spiro atoms. The van der Waals surface area contributed by atoms with Crippen LogP contribution in [0.15, 0.2) is 76.2 Å². The van der Waals surface area contributed by atoms with Gasteiger partial charge in [-0.1, -0.05) is 53.5 Å². The largest absolute Gasteiger partial charge is 0.506 e. The van der Waals surface area contributed by atoms with Crippen LogP contribution in [-0.4, -0.2) is 23.9 Å². The molecule has 3 rings (SSSR count). The van der Waals surface area contributed by atoms with E-state index in [9.17, 15) is 22.9 Å². The number of ketones is 1. The van der Waals surface area contributed by atoms with Crippen LogP contribution in [0.25, 0.3) is 5.57 Å². The molecule has 0 atom stereocenters. The van der Waals surface area contributed by atoms with E-state index in [-0.39, 0.29) is 32.0 Å². The second kappa shape index (κ2) is 7.32. The third-order valence-corrected chi connectivity index (χ3v) is 5.40. The van der Waals surface area contributed by atoms with Crippen LogP contribution in [0.2, 0.25) is 5.02 Å². The van der Waals surface area contributed by atoms with E-state index < -0.39 is 10.1 Å². The zero-order valence-corrected chi connectivity index (χ0v) is 15.9. The van der Waals surface area contributed by atoms with Crippen LogP contribution in [-0.2, 0) is 14.9 Å². The van der Waals surface area contributed by atoms with Crippen molar-refractivity contribution in [2.45, 2.75) is 4.90 Å². The van der Waals surface area contributed by atoms with Crippen LogP contribution < -0.4 is 0 Å². The van der Waals surface area contributed by atoms with Gasteiger partial charge >= 0.3 is 0 Å². The summed E-state index contributed by atoms with van der Waals surface area (Å²) in [7, 11) is -4.53. The maximum atomic E-state index is 11.9. The Morgan fingerprint density at radius 3 is 2.33 bits per heavy atom. The molecule has 1 aliphatic rings. The van der Waals surface area contributed by atoms with Crippen LogP contribution >= 0.6 is 23.2 Å². The average molecular weight is 423 g/mol. The van der Waals surface area contributed by atoms with Gasteiger partial charge in [-0.25, -0.2) is 0 Å². The number of halogens is 2. The first-order valence-electron chi connectivity index (χ1n) is 7.58. The van der Waals surface area contributed by atoms with E-state index >= 15 is 0 Å². The average Bonchev–Trinajstić information content (AvgIpc) is 2.61. The highest BCUT2D eigenvalue weighted by molar-refractivity contribution is 7.86. The van der Waals surface area contributed by atoms with Crippen LogP contribution in [0.4, 0.5) is 0 Å². The number of hydrogen-bond acceptors (Lipinski definition) is 4. The number of phenols is 1. The second-order valence-electron chi connectivity index (χ2n) is 5.66. The third kappa shape index (κ3) is 3.99. The lowest BCUT2D eigenvalue weighted by Gasteiger charge is -2.17. The van der Waals surface area contributed by atoms with Gasteiger partial charge in [0.15, 0.2) is 5.78 Å². The van der Waals surface area contributed by atoms with E-state index in [4.69, 9.17) is 23.2 Å². The number of aromatic hydroxyl groups is 1. The molecule has 2 N–H and O–H groups in total. The highest BCUT2D eigenvalue weighted by atomic mass is 35.5. The highest BCUT2D eigenvalue weighted by Gasteiger charge is 2.22. The Labute approximate surface area is 165 Å². The molecule has 2 aromatic carbocycles. The molecule has 27 heavy (non-hydrogen) atoms. The molecule has 0 radical (unpaired) electrons. The van der Waals surface area contributed by atoms with Gasteiger partial charge in [0.1, 0.15) is 10.6 Å². The summed E-state index contributed by atoms with van der Waals surface area (Å²) in [4.78, 5) is 11.3. The fourth-order valence-electron chi connectivity index (χ4n) is 2.69. The minimum absolute atomic E-state index is 0.0424. The summed E-state index contributed by atoms with van der Waals surface area (Å²) >= 11 is 12.0. The van der Waals surface area contributed by atoms with Gasteiger partial charge < -0.3 is 5.11 Å². The van der Waals surface area contributed by atoms with Gasteiger partial charge in [-0.2, -0.15) is 8.42 Å². The standard InChI is InChI=1S/C19H12Cl2O5S/c20-14-9-11(5-7-16(14)22)19(12-6-8-17(23)15(21)10-12)13-3-1-2-4-18(13)27(24,25)26/h1-10,22H,(H,24,25,26)/b19-12-. The molecule has 5 nitrogen and oxygen atoms in total. The quantitative estimate of drug-likeness (QED) is 0.716. The molecule has 0 bridgehead atoms. The molecule has 1 aliphatic carbocycles. The molecule has 0 saturated heterocycles. The summed E-state index contributed by atoms with van der Waals surface area (Å²) in [6.07, 6.45) is 4.15. The number of carbonyl (C=O) groups excluding carboxylic acids is 1. The predicted molar refractivity (Wildman–Crippen MR) is 103 cm³/mol. The van der Waals surface area contributed by atoms with Gasteiger partial charge in [0, 0.05) is 5.56 Å². The summed E-state index contributed by atoms with van der Waals surface area (Å²) in [6, 6.07) is 10.2. The Kier molecular flexibility index (Phi) is 5.26. The maximum Gasteiger partial charge on any atom is 0.295 e. The number of benzene rings is 2. The fourth-order valence-corrected chi connectivity index (χ4v) is 3.75. The molecular formula is C19H12Cl2O5S. The van der Waals surface area contributed by atoms with Crippen molar-refractivity contribution >= 4 is 44.7 Å². The van der Waals surface area contributed by atoms with Crippen LogP contribution in [0.3, 0.4) is 0 Å². The van der Waals surface area contributed by atoms with Crippen molar-refractivity contribution in [3.8, 4) is 5.75 Å². The topological polar surface area (TPSA) is 91.7 Å². The van der Waals surface area contributed by atoms with Crippen molar-refractivity contribution in [1.29, 1.82) is 0 Å². The number of allylic oxidation sites excluding steroid dienone is 5. The van der Waals surface area contributed by atoms with Gasteiger partial charge in [0.2, 0.25) is 0 Å². The Bertz CT molecular complexity index is 1140. The highest BCUT2D eigenvalue weighted by Crippen LogP contribution is 2.37. The first kappa shape index (κ1) is 19.4. The summed E-state index contributed by atoms with van der Waals surface area (Å²) in [5.41, 5.74) is 1.46. The van der Waals surface area contributed by atoms with Gasteiger partial charge in [0.05, 0.1) is 10.1 Å². The van der Waals surface area contributed by atoms with Gasteiger partial charge in [-0.05, 0) is 47.1 Å². The first-order chi connectivity index (χ1) is 12.7. The molecule has 0 heterocycles. The van der Waals surface area contributed by atoms with E-state index in [0.717, 1.165) is 0 Å². The summed E-state index contributed by atoms with van der Waals surface area (Å²) in [5, 5.41) is 9.71. The van der Waals surface area contributed by atoms with E-state index in [1.807, 2.05) is 0 Å². The number of carbonyl (C=O) groups is 1. The van der Waals surface area contributed by atoms with Crippen molar-refractivity contribution in [3.63, 3.8) is 0 Å². The lowest BCUT2D eigenvalue weighted by Crippen LogP contribution is -2.06. The summed E-state index contributed by atoms with van der Waals surface area (Å²) in [5.74, 6) is -0.526. The van der Waals surface area contributed by atoms with Crippen LogP contribution in [0.1, 0.15) is 11.1 Å². The lowest BCUT2D eigenvalue weighted by molar-refractivity contribution is -0.110. The Morgan fingerprint density at radius 2 is 1.70 bits per heavy atom. The normalized spacial score (nSPS) is 16.3. The molecule has 0 fully saturated rings. The van der Waals surface area contributed by atoms with E-state index in [2.05, 4.69) is 0 Å². The van der Waals surface area contributed by atoms with E-state index in [1.54, 1.807) is 6.07 Å². The number of phenolic OH excluding ortho intramolecular Hbond substituents is 1. The molecule has 0 aliphatic heterocycles. The smallest absolute Gasteiger partial charge is 0.295 e. The van der Waals surface area contributed by atoms with Crippen molar-refractivity contribution < 1.29 is 22.9 Å². The molecule has 0 unspecified atom stereocenters. The number of hydrogen-bond donors (Lipinski definition) is 2. The van der Waals surface area contributed by atoms with Gasteiger partial charge in [-0.15, -0.1) is 0 Å². The van der Waals surface area contributed by atoms with Crippen LogP contribution in [0, 0.1) is 0 Å².